The van der Waals surface area contributed by atoms with Crippen LogP contribution in [0.5, 0.6) is 0 Å². The van der Waals surface area contributed by atoms with E-state index in [4.69, 9.17) is 16.9 Å². The minimum absolute atomic E-state index is 0.199. The van der Waals surface area contributed by atoms with Gasteiger partial charge in [0.15, 0.2) is 5.92 Å². The standard InChI is InChI=1S/C11H7ClF6N2/c12-7-1-2-9(8(3-7)11(16,17)18)20-5-6(4-19)10(13,14)15/h1-3,6,20H,5H2. The van der Waals surface area contributed by atoms with Gasteiger partial charge < -0.3 is 5.32 Å². The zero-order valence-electron chi connectivity index (χ0n) is 9.61. The van der Waals surface area contributed by atoms with E-state index in [1.165, 1.54) is 0 Å². The maximum atomic E-state index is 12.7. The van der Waals surface area contributed by atoms with Crippen LogP contribution < -0.4 is 5.32 Å². The topological polar surface area (TPSA) is 35.8 Å². The van der Waals surface area contributed by atoms with Gasteiger partial charge in [-0.05, 0) is 18.2 Å². The van der Waals surface area contributed by atoms with Gasteiger partial charge in [0.25, 0.3) is 0 Å². The fourth-order valence-electron chi connectivity index (χ4n) is 1.35. The molecule has 0 radical (unpaired) electrons. The molecule has 0 aliphatic rings. The Kier molecular flexibility index (Phi) is 4.76. The lowest BCUT2D eigenvalue weighted by Gasteiger charge is -2.18. The molecule has 1 N–H and O–H groups in total. The molecule has 0 saturated carbocycles. The molecular formula is C11H7ClF6N2. The average molecular weight is 317 g/mol. The molecule has 1 rings (SSSR count). The summed E-state index contributed by atoms with van der Waals surface area (Å²) in [4.78, 5) is 0. The third-order valence-corrected chi connectivity index (χ3v) is 2.57. The van der Waals surface area contributed by atoms with E-state index in [9.17, 15) is 26.3 Å². The van der Waals surface area contributed by atoms with E-state index >= 15 is 0 Å². The molecular weight excluding hydrogens is 310 g/mol. The number of hydrogen-bond donors (Lipinski definition) is 1. The Morgan fingerprint density at radius 3 is 2.25 bits per heavy atom. The van der Waals surface area contributed by atoms with Crippen LogP contribution in [-0.4, -0.2) is 12.7 Å². The Bertz CT molecular complexity index is 517. The number of benzene rings is 1. The van der Waals surface area contributed by atoms with Gasteiger partial charge in [-0.15, -0.1) is 0 Å². The quantitative estimate of drug-likeness (QED) is 0.835. The van der Waals surface area contributed by atoms with Gasteiger partial charge in [-0.25, -0.2) is 0 Å². The maximum Gasteiger partial charge on any atom is 0.418 e. The van der Waals surface area contributed by atoms with Gasteiger partial charge in [-0.2, -0.15) is 31.6 Å². The molecule has 20 heavy (non-hydrogen) atoms. The highest BCUT2D eigenvalue weighted by molar-refractivity contribution is 6.30. The molecule has 0 bridgehead atoms. The maximum absolute atomic E-state index is 12.7. The molecule has 9 heteroatoms. The zero-order chi connectivity index (χ0) is 15.6. The van der Waals surface area contributed by atoms with Gasteiger partial charge in [0.1, 0.15) is 0 Å². The van der Waals surface area contributed by atoms with Crippen LogP contribution in [0.2, 0.25) is 5.02 Å². The van der Waals surface area contributed by atoms with E-state index in [1.807, 2.05) is 5.32 Å². The van der Waals surface area contributed by atoms with Gasteiger partial charge in [0.2, 0.25) is 0 Å². The van der Waals surface area contributed by atoms with Crippen LogP contribution in [0, 0.1) is 17.2 Å². The minimum Gasteiger partial charge on any atom is -0.383 e. The van der Waals surface area contributed by atoms with E-state index in [0.29, 0.717) is 6.07 Å². The summed E-state index contributed by atoms with van der Waals surface area (Å²) in [5, 5.41) is 10.1. The fourth-order valence-corrected chi connectivity index (χ4v) is 1.52. The van der Waals surface area contributed by atoms with Crippen molar-refractivity contribution < 1.29 is 26.3 Å². The van der Waals surface area contributed by atoms with Crippen LogP contribution in [0.4, 0.5) is 32.0 Å². The van der Waals surface area contributed by atoms with E-state index in [-0.39, 0.29) is 5.02 Å². The van der Waals surface area contributed by atoms with Crippen LogP contribution in [0.1, 0.15) is 5.56 Å². The lowest BCUT2D eigenvalue weighted by atomic mass is 10.1. The monoisotopic (exact) mass is 316 g/mol. The van der Waals surface area contributed by atoms with E-state index in [2.05, 4.69) is 0 Å². The van der Waals surface area contributed by atoms with Crippen molar-refractivity contribution >= 4 is 17.3 Å². The average Bonchev–Trinajstić information content (AvgIpc) is 2.28. The van der Waals surface area contributed by atoms with E-state index in [1.54, 1.807) is 0 Å². The number of anilines is 1. The van der Waals surface area contributed by atoms with Crippen molar-refractivity contribution in [3.05, 3.63) is 28.8 Å². The van der Waals surface area contributed by atoms with Crippen molar-refractivity contribution in [2.24, 2.45) is 5.92 Å². The summed E-state index contributed by atoms with van der Waals surface area (Å²) in [7, 11) is 0. The van der Waals surface area contributed by atoms with Gasteiger partial charge in [-0.1, -0.05) is 11.6 Å². The molecule has 0 fully saturated rings. The molecule has 0 aliphatic heterocycles. The van der Waals surface area contributed by atoms with Gasteiger partial charge >= 0.3 is 12.4 Å². The van der Waals surface area contributed by atoms with Gasteiger partial charge in [0.05, 0.1) is 11.6 Å². The predicted octanol–water partition coefficient (Wildman–Crippen LogP) is 4.47. The molecule has 110 valence electrons. The molecule has 0 aromatic heterocycles. The Hall–Kier alpha value is -1.62. The SMILES string of the molecule is N#CC(CNc1ccc(Cl)cc1C(F)(F)F)C(F)(F)F. The summed E-state index contributed by atoms with van der Waals surface area (Å²) >= 11 is 5.43. The predicted molar refractivity (Wildman–Crippen MR) is 60.1 cm³/mol. The van der Waals surface area contributed by atoms with E-state index < -0.39 is 36.1 Å². The Balaban J connectivity index is 2.97. The molecule has 0 amide bonds. The lowest BCUT2D eigenvalue weighted by molar-refractivity contribution is -0.155. The summed E-state index contributed by atoms with van der Waals surface area (Å²) in [5.41, 5.74) is -1.75. The second kappa shape index (κ2) is 5.79. The molecule has 1 unspecified atom stereocenters. The first-order chi connectivity index (χ1) is 9.05. The largest absolute Gasteiger partial charge is 0.418 e. The first-order valence-electron chi connectivity index (χ1n) is 5.12. The van der Waals surface area contributed by atoms with Crippen molar-refractivity contribution in [3.8, 4) is 6.07 Å². The molecule has 0 spiro atoms. The van der Waals surface area contributed by atoms with Crippen molar-refractivity contribution in [1.29, 1.82) is 5.26 Å². The third kappa shape index (κ3) is 4.20. The van der Waals surface area contributed by atoms with Gasteiger partial charge in [-0.3, -0.25) is 0 Å². The molecule has 1 aromatic carbocycles. The number of nitrogens with zero attached hydrogens (tertiary/aromatic N) is 1. The van der Waals surface area contributed by atoms with Crippen molar-refractivity contribution in [3.63, 3.8) is 0 Å². The Labute approximate surface area is 114 Å². The summed E-state index contributed by atoms with van der Waals surface area (Å²) < 4.78 is 75.0. The molecule has 0 saturated heterocycles. The minimum atomic E-state index is -4.81. The van der Waals surface area contributed by atoms with Crippen molar-refractivity contribution in [2.75, 3.05) is 11.9 Å². The molecule has 1 aromatic rings. The summed E-state index contributed by atoms with van der Waals surface area (Å²) in [6, 6.07) is 3.60. The lowest BCUT2D eigenvalue weighted by Crippen LogP contribution is -2.28. The Morgan fingerprint density at radius 1 is 1.20 bits per heavy atom. The van der Waals surface area contributed by atoms with Gasteiger partial charge in [0, 0.05) is 17.3 Å². The van der Waals surface area contributed by atoms with E-state index in [0.717, 1.165) is 18.2 Å². The van der Waals surface area contributed by atoms with Crippen LogP contribution in [0.3, 0.4) is 0 Å². The number of halogens is 7. The van der Waals surface area contributed by atoms with Crippen LogP contribution in [0.15, 0.2) is 18.2 Å². The Morgan fingerprint density at radius 2 is 1.80 bits per heavy atom. The third-order valence-electron chi connectivity index (χ3n) is 2.33. The van der Waals surface area contributed by atoms with Crippen molar-refractivity contribution in [1.82, 2.24) is 0 Å². The number of rotatable bonds is 3. The number of nitriles is 1. The van der Waals surface area contributed by atoms with Crippen LogP contribution >= 0.6 is 11.6 Å². The summed E-state index contributed by atoms with van der Waals surface area (Å²) in [6.45, 7) is -0.981. The summed E-state index contributed by atoms with van der Waals surface area (Å²) in [6.07, 6.45) is -9.58. The summed E-state index contributed by atoms with van der Waals surface area (Å²) in [5.74, 6) is -2.40. The second-order valence-corrected chi connectivity index (χ2v) is 4.23. The number of alkyl halides is 6. The molecule has 2 nitrogen and oxygen atoms in total. The smallest absolute Gasteiger partial charge is 0.383 e. The molecule has 0 heterocycles. The van der Waals surface area contributed by atoms with Crippen LogP contribution in [-0.2, 0) is 6.18 Å². The zero-order valence-corrected chi connectivity index (χ0v) is 10.4. The highest BCUT2D eigenvalue weighted by atomic mass is 35.5. The molecule has 0 aliphatic carbocycles. The van der Waals surface area contributed by atoms with Crippen LogP contribution in [0.25, 0.3) is 0 Å². The number of nitrogens with one attached hydrogen (secondary N) is 1. The highest BCUT2D eigenvalue weighted by Gasteiger charge is 2.40. The fraction of sp³-hybridized carbons (Fsp3) is 0.364. The van der Waals surface area contributed by atoms with Crippen molar-refractivity contribution in [2.45, 2.75) is 12.4 Å². The normalized spacial score (nSPS) is 13.7. The second-order valence-electron chi connectivity index (χ2n) is 3.79. The first kappa shape index (κ1) is 16.4. The number of hydrogen-bond acceptors (Lipinski definition) is 2. The highest BCUT2D eigenvalue weighted by Crippen LogP contribution is 2.37. The first-order valence-corrected chi connectivity index (χ1v) is 5.50. The molecule has 1 atom stereocenters.